The second-order valence-corrected chi connectivity index (χ2v) is 7.02. The summed E-state index contributed by atoms with van der Waals surface area (Å²) in [5.41, 5.74) is 1.25. The number of nitrogens with one attached hydrogen (secondary N) is 2. The number of aromatic nitrogens is 5. The second-order valence-electron chi connectivity index (χ2n) is 7.02. The first-order valence-corrected chi connectivity index (χ1v) is 9.62. The van der Waals surface area contributed by atoms with Crippen LogP contribution in [0.4, 0.5) is 0 Å². The molecule has 1 aliphatic rings. The zero-order valence-electron chi connectivity index (χ0n) is 16.7. The van der Waals surface area contributed by atoms with Crippen LogP contribution in [0.3, 0.4) is 0 Å². The third-order valence-electron chi connectivity index (χ3n) is 4.94. The van der Waals surface area contributed by atoms with Gasteiger partial charge in [-0.05, 0) is 18.9 Å². The maximum Gasteiger partial charge on any atom is 0.191 e. The van der Waals surface area contributed by atoms with Crippen LogP contribution in [0, 0.1) is 6.92 Å². The van der Waals surface area contributed by atoms with Crippen molar-refractivity contribution in [3.8, 4) is 0 Å². The van der Waals surface area contributed by atoms with Crippen molar-refractivity contribution in [1.82, 2.24) is 34.9 Å². The third-order valence-corrected chi connectivity index (χ3v) is 4.94. The first-order valence-electron chi connectivity index (χ1n) is 9.62. The first-order chi connectivity index (χ1) is 13.7. The average molecular weight is 506 g/mol. The van der Waals surface area contributed by atoms with Gasteiger partial charge < -0.3 is 15.2 Å². The molecule has 29 heavy (non-hydrogen) atoms. The van der Waals surface area contributed by atoms with Crippen molar-refractivity contribution in [1.29, 1.82) is 0 Å². The minimum absolute atomic E-state index is 0. The number of hydrogen-bond acceptors (Lipinski definition) is 4. The van der Waals surface area contributed by atoms with Gasteiger partial charge in [-0.3, -0.25) is 4.99 Å². The maximum absolute atomic E-state index is 4.49. The minimum atomic E-state index is 0. The number of aryl methyl sites for hydroxylation is 2. The highest BCUT2D eigenvalue weighted by molar-refractivity contribution is 14.0. The van der Waals surface area contributed by atoms with E-state index in [1.54, 1.807) is 7.05 Å². The van der Waals surface area contributed by atoms with Crippen molar-refractivity contribution in [3.05, 3.63) is 65.8 Å². The van der Waals surface area contributed by atoms with E-state index in [0.717, 1.165) is 49.4 Å². The number of fused-ring (bicyclic) bond motifs is 1. The molecule has 0 spiro atoms. The third kappa shape index (κ3) is 5.34. The Morgan fingerprint density at radius 1 is 1.28 bits per heavy atom. The van der Waals surface area contributed by atoms with E-state index in [-0.39, 0.29) is 30.0 Å². The Morgan fingerprint density at radius 2 is 2.10 bits per heavy atom. The molecule has 0 aliphatic carbocycles. The molecule has 0 fully saturated rings. The van der Waals surface area contributed by atoms with E-state index in [2.05, 4.69) is 59.5 Å². The molecule has 9 heteroatoms. The van der Waals surface area contributed by atoms with E-state index in [0.29, 0.717) is 6.54 Å². The van der Waals surface area contributed by atoms with Crippen molar-refractivity contribution in [2.45, 2.75) is 45.4 Å². The lowest BCUT2D eigenvalue weighted by Gasteiger charge is -2.25. The van der Waals surface area contributed by atoms with Crippen molar-refractivity contribution in [2.75, 3.05) is 7.05 Å². The van der Waals surface area contributed by atoms with Crippen LogP contribution in [0.2, 0.25) is 0 Å². The van der Waals surface area contributed by atoms with Gasteiger partial charge in [0, 0.05) is 38.4 Å². The van der Waals surface area contributed by atoms with E-state index in [4.69, 9.17) is 0 Å². The molecule has 0 saturated carbocycles. The molecule has 2 N–H and O–H groups in total. The van der Waals surface area contributed by atoms with E-state index < -0.39 is 0 Å². The molecule has 3 aromatic rings. The summed E-state index contributed by atoms with van der Waals surface area (Å²) in [5.74, 6) is 3.66. The highest BCUT2D eigenvalue weighted by Gasteiger charge is 2.21. The molecular weight excluding hydrogens is 479 g/mol. The Balaban J connectivity index is 0.00000240. The van der Waals surface area contributed by atoms with Gasteiger partial charge in [0.1, 0.15) is 17.5 Å². The molecule has 1 atom stereocenters. The maximum atomic E-state index is 4.49. The molecule has 154 valence electrons. The van der Waals surface area contributed by atoms with Crippen LogP contribution < -0.4 is 10.6 Å². The predicted molar refractivity (Wildman–Crippen MR) is 123 cm³/mol. The summed E-state index contributed by atoms with van der Waals surface area (Å²) in [6.07, 6.45) is 5.79. The Bertz CT molecular complexity index is 947. The largest absolute Gasteiger partial charge is 0.352 e. The molecular formula is C20H27IN8. The highest BCUT2D eigenvalue weighted by Crippen LogP contribution is 2.13. The summed E-state index contributed by atoms with van der Waals surface area (Å²) in [5, 5.41) is 11.3. The van der Waals surface area contributed by atoms with Gasteiger partial charge in [-0.1, -0.05) is 30.3 Å². The molecule has 8 nitrogen and oxygen atoms in total. The van der Waals surface area contributed by atoms with Crippen LogP contribution >= 0.6 is 24.0 Å². The fourth-order valence-electron chi connectivity index (χ4n) is 3.53. The molecule has 4 rings (SSSR count). The lowest BCUT2D eigenvalue weighted by molar-refractivity contribution is 0.392. The van der Waals surface area contributed by atoms with E-state index in [1.807, 2.05) is 30.1 Å². The molecule has 0 saturated heterocycles. The molecule has 0 amide bonds. The van der Waals surface area contributed by atoms with Gasteiger partial charge in [0.05, 0.1) is 13.1 Å². The fraction of sp³-hybridized carbons (Fsp3) is 0.400. The summed E-state index contributed by atoms with van der Waals surface area (Å²) in [6, 6.07) is 10.7. The highest BCUT2D eigenvalue weighted by atomic mass is 127. The van der Waals surface area contributed by atoms with Gasteiger partial charge in [-0.2, -0.15) is 5.10 Å². The van der Waals surface area contributed by atoms with Crippen LogP contribution in [0.15, 0.2) is 47.7 Å². The number of rotatable bonds is 5. The van der Waals surface area contributed by atoms with Crippen LogP contribution in [0.5, 0.6) is 0 Å². The molecule has 0 bridgehead atoms. The van der Waals surface area contributed by atoms with Gasteiger partial charge >= 0.3 is 0 Å². The van der Waals surface area contributed by atoms with Crippen molar-refractivity contribution >= 4 is 29.9 Å². The number of guanidine groups is 1. The molecule has 1 aromatic carbocycles. The Hall–Kier alpha value is -2.43. The van der Waals surface area contributed by atoms with E-state index in [9.17, 15) is 0 Å². The predicted octanol–water partition coefficient (Wildman–Crippen LogP) is 2.13. The monoisotopic (exact) mass is 506 g/mol. The zero-order chi connectivity index (χ0) is 19.3. The average Bonchev–Trinajstić information content (AvgIpc) is 3.30. The van der Waals surface area contributed by atoms with Gasteiger partial charge in [0.25, 0.3) is 0 Å². The molecule has 1 aliphatic heterocycles. The second kappa shape index (κ2) is 9.86. The van der Waals surface area contributed by atoms with Crippen LogP contribution in [-0.2, 0) is 26.1 Å². The van der Waals surface area contributed by atoms with Crippen molar-refractivity contribution < 1.29 is 0 Å². The van der Waals surface area contributed by atoms with Gasteiger partial charge in [-0.15, -0.1) is 24.0 Å². The summed E-state index contributed by atoms with van der Waals surface area (Å²) in [4.78, 5) is 13.3. The lowest BCUT2D eigenvalue weighted by atomic mass is 10.1. The summed E-state index contributed by atoms with van der Waals surface area (Å²) < 4.78 is 4.15. The van der Waals surface area contributed by atoms with Gasteiger partial charge in [-0.25, -0.2) is 14.6 Å². The Morgan fingerprint density at radius 3 is 2.90 bits per heavy atom. The first kappa shape index (κ1) is 21.3. The number of aliphatic imine (C=N–C) groups is 1. The number of imidazole rings is 1. The molecule has 0 radical (unpaired) electrons. The summed E-state index contributed by atoms with van der Waals surface area (Å²) in [7, 11) is 1.79. The normalized spacial score (nSPS) is 16.1. The number of hydrogen-bond donors (Lipinski definition) is 2. The topological polar surface area (TPSA) is 84.9 Å². The summed E-state index contributed by atoms with van der Waals surface area (Å²) in [6.45, 7) is 4.16. The zero-order valence-corrected chi connectivity index (χ0v) is 19.1. The quantitative estimate of drug-likeness (QED) is 0.315. The number of nitrogens with zero attached hydrogens (tertiary/aromatic N) is 6. The number of benzene rings is 1. The van der Waals surface area contributed by atoms with Crippen molar-refractivity contribution in [2.24, 2.45) is 4.99 Å². The minimum Gasteiger partial charge on any atom is -0.352 e. The van der Waals surface area contributed by atoms with E-state index >= 15 is 0 Å². The van der Waals surface area contributed by atoms with Crippen molar-refractivity contribution in [3.63, 3.8) is 0 Å². The van der Waals surface area contributed by atoms with Crippen LogP contribution in [0.25, 0.3) is 0 Å². The summed E-state index contributed by atoms with van der Waals surface area (Å²) >= 11 is 0. The Labute approximate surface area is 187 Å². The SMILES string of the molecule is CN=C(NCc1nccn1Cc1ccccc1)NC1CCc2nc(C)nn2C1.I. The Kier molecular flexibility index (Phi) is 7.24. The number of halogens is 1. The molecule has 1 unspecified atom stereocenters. The van der Waals surface area contributed by atoms with Crippen LogP contribution in [-0.4, -0.2) is 43.4 Å². The van der Waals surface area contributed by atoms with Crippen LogP contribution in [0.1, 0.15) is 29.5 Å². The standard InChI is InChI=1S/C20H26N8.HI/c1-15-24-18-9-8-17(14-28(18)26-15)25-20(21-2)23-12-19-22-10-11-27(19)13-16-6-4-3-5-7-16;/h3-7,10-11,17H,8-9,12-14H2,1-2H3,(H2,21,23,25);1H. The van der Waals surface area contributed by atoms with Gasteiger partial charge in [0.2, 0.25) is 0 Å². The smallest absolute Gasteiger partial charge is 0.191 e. The molecule has 2 aromatic heterocycles. The fourth-order valence-corrected chi connectivity index (χ4v) is 3.53. The molecule has 3 heterocycles. The van der Waals surface area contributed by atoms with Gasteiger partial charge in [0.15, 0.2) is 5.96 Å². The lowest BCUT2D eigenvalue weighted by Crippen LogP contribution is -2.47. The van der Waals surface area contributed by atoms with E-state index in [1.165, 1.54) is 5.56 Å².